The van der Waals surface area contributed by atoms with Crippen LogP contribution >= 0.6 is 0 Å². The Morgan fingerprint density at radius 2 is 2.00 bits per heavy atom. The number of aryl methyl sites for hydroxylation is 1. The van der Waals surface area contributed by atoms with Gasteiger partial charge >= 0.3 is 5.97 Å². The molecule has 1 N–H and O–H groups in total. The summed E-state index contributed by atoms with van der Waals surface area (Å²) < 4.78 is 5.23. The number of hydrogen-bond donors (Lipinski definition) is 1. The Hall–Kier alpha value is -1.51. The van der Waals surface area contributed by atoms with Crippen LogP contribution in [0.3, 0.4) is 0 Å². The topological polar surface area (TPSA) is 46.5 Å². The molecule has 0 aliphatic rings. The predicted molar refractivity (Wildman–Crippen MR) is 58.8 cm³/mol. The molecule has 0 aliphatic heterocycles. The molecule has 0 bridgehead atoms. The van der Waals surface area contributed by atoms with E-state index in [-0.39, 0.29) is 5.92 Å². The molecule has 0 spiro atoms. The Bertz CT molecular complexity index is 381. The van der Waals surface area contributed by atoms with Crippen LogP contribution in [0.15, 0.2) is 12.1 Å². The molecular weight excluding hydrogens is 192 g/mol. The first kappa shape index (κ1) is 11.6. The summed E-state index contributed by atoms with van der Waals surface area (Å²) in [4.78, 5) is 11.0. The molecule has 3 heteroatoms. The number of rotatable bonds is 3. The second-order valence-electron chi connectivity index (χ2n) is 3.87. The number of carboxylic acid groups (broad SMARTS) is 1. The lowest BCUT2D eigenvalue weighted by Crippen LogP contribution is -2.04. The molecule has 1 rings (SSSR count). The molecule has 1 aromatic rings. The Kier molecular flexibility index (Phi) is 3.35. The predicted octanol–water partition coefficient (Wildman–Crippen LogP) is 2.83. The molecule has 0 saturated carbocycles. The third kappa shape index (κ3) is 2.29. The number of aromatic carboxylic acids is 1. The van der Waals surface area contributed by atoms with Crippen LogP contribution in [-0.2, 0) is 0 Å². The molecule has 0 fully saturated rings. The van der Waals surface area contributed by atoms with Crippen LogP contribution in [0.5, 0.6) is 5.75 Å². The fourth-order valence-electron chi connectivity index (χ4n) is 1.56. The van der Waals surface area contributed by atoms with Crippen molar-refractivity contribution in [1.82, 2.24) is 0 Å². The van der Waals surface area contributed by atoms with Gasteiger partial charge in [-0.25, -0.2) is 4.79 Å². The highest BCUT2D eigenvalue weighted by Gasteiger charge is 2.14. The van der Waals surface area contributed by atoms with E-state index >= 15 is 0 Å². The summed E-state index contributed by atoms with van der Waals surface area (Å²) in [6.07, 6.45) is 0. The van der Waals surface area contributed by atoms with E-state index in [0.717, 1.165) is 16.9 Å². The van der Waals surface area contributed by atoms with E-state index < -0.39 is 5.97 Å². The molecule has 0 saturated heterocycles. The van der Waals surface area contributed by atoms with Crippen molar-refractivity contribution in [3.8, 4) is 5.75 Å². The quantitative estimate of drug-likeness (QED) is 0.830. The van der Waals surface area contributed by atoms with Gasteiger partial charge in [0.25, 0.3) is 0 Å². The van der Waals surface area contributed by atoms with Crippen molar-refractivity contribution in [3.05, 3.63) is 28.8 Å². The van der Waals surface area contributed by atoms with Crippen LogP contribution in [0.2, 0.25) is 0 Å². The van der Waals surface area contributed by atoms with Crippen LogP contribution < -0.4 is 4.74 Å². The summed E-state index contributed by atoms with van der Waals surface area (Å²) in [6, 6.07) is 3.47. The highest BCUT2D eigenvalue weighted by Crippen LogP contribution is 2.29. The van der Waals surface area contributed by atoms with Gasteiger partial charge in [-0.2, -0.15) is 0 Å². The minimum absolute atomic E-state index is 0.249. The maximum atomic E-state index is 11.0. The SMILES string of the molecule is COc1cc(C)c(C(=O)O)cc1C(C)C. The van der Waals surface area contributed by atoms with Crippen molar-refractivity contribution in [1.29, 1.82) is 0 Å². The van der Waals surface area contributed by atoms with Crippen molar-refractivity contribution >= 4 is 5.97 Å². The fourth-order valence-corrected chi connectivity index (χ4v) is 1.56. The number of ether oxygens (including phenoxy) is 1. The summed E-state index contributed by atoms with van der Waals surface area (Å²) in [7, 11) is 1.60. The van der Waals surface area contributed by atoms with E-state index in [1.807, 2.05) is 13.8 Å². The number of carboxylic acids is 1. The zero-order valence-electron chi connectivity index (χ0n) is 9.50. The van der Waals surface area contributed by atoms with Crippen molar-refractivity contribution < 1.29 is 14.6 Å². The van der Waals surface area contributed by atoms with Gasteiger partial charge in [-0.1, -0.05) is 13.8 Å². The van der Waals surface area contributed by atoms with Gasteiger partial charge in [-0.05, 0) is 36.1 Å². The second kappa shape index (κ2) is 4.34. The molecule has 15 heavy (non-hydrogen) atoms. The number of hydrogen-bond acceptors (Lipinski definition) is 2. The molecule has 0 radical (unpaired) electrons. The highest BCUT2D eigenvalue weighted by molar-refractivity contribution is 5.90. The average molecular weight is 208 g/mol. The molecule has 0 heterocycles. The fraction of sp³-hybridized carbons (Fsp3) is 0.417. The minimum Gasteiger partial charge on any atom is -0.496 e. The first-order chi connectivity index (χ1) is 6.97. The van der Waals surface area contributed by atoms with Crippen LogP contribution in [-0.4, -0.2) is 18.2 Å². The van der Waals surface area contributed by atoms with Gasteiger partial charge in [0.1, 0.15) is 5.75 Å². The Balaban J connectivity index is 3.37. The van der Waals surface area contributed by atoms with E-state index in [0.29, 0.717) is 5.56 Å². The van der Waals surface area contributed by atoms with E-state index in [1.54, 1.807) is 26.2 Å². The number of benzene rings is 1. The summed E-state index contributed by atoms with van der Waals surface area (Å²) in [5, 5.41) is 8.99. The van der Waals surface area contributed by atoms with E-state index in [1.165, 1.54) is 0 Å². The van der Waals surface area contributed by atoms with E-state index in [4.69, 9.17) is 9.84 Å². The largest absolute Gasteiger partial charge is 0.496 e. The lowest BCUT2D eigenvalue weighted by molar-refractivity contribution is 0.0696. The maximum Gasteiger partial charge on any atom is 0.335 e. The Labute approximate surface area is 89.7 Å². The Morgan fingerprint density at radius 1 is 1.40 bits per heavy atom. The first-order valence-electron chi connectivity index (χ1n) is 4.89. The van der Waals surface area contributed by atoms with Gasteiger partial charge in [-0.3, -0.25) is 0 Å². The molecule has 0 aliphatic carbocycles. The van der Waals surface area contributed by atoms with E-state index in [9.17, 15) is 4.79 Å². The average Bonchev–Trinajstić information content (AvgIpc) is 2.16. The molecule has 1 aromatic carbocycles. The lowest BCUT2D eigenvalue weighted by atomic mass is 9.96. The van der Waals surface area contributed by atoms with Gasteiger partial charge in [0.15, 0.2) is 0 Å². The third-order valence-electron chi connectivity index (χ3n) is 2.43. The lowest BCUT2D eigenvalue weighted by Gasteiger charge is -2.14. The van der Waals surface area contributed by atoms with Gasteiger partial charge in [0.05, 0.1) is 12.7 Å². The molecule has 0 atom stereocenters. The molecule has 82 valence electrons. The zero-order valence-corrected chi connectivity index (χ0v) is 9.50. The van der Waals surface area contributed by atoms with E-state index in [2.05, 4.69) is 0 Å². The number of carbonyl (C=O) groups is 1. The van der Waals surface area contributed by atoms with Crippen molar-refractivity contribution in [3.63, 3.8) is 0 Å². The highest BCUT2D eigenvalue weighted by atomic mass is 16.5. The standard InChI is InChI=1S/C12H16O3/c1-7(2)9-6-10(12(13)14)8(3)5-11(9)15-4/h5-7H,1-4H3,(H,13,14). The first-order valence-corrected chi connectivity index (χ1v) is 4.89. The molecule has 0 amide bonds. The summed E-state index contributed by atoms with van der Waals surface area (Å²) in [5.74, 6) is 0.114. The minimum atomic E-state index is -0.892. The molecule has 3 nitrogen and oxygen atoms in total. The van der Waals surface area contributed by atoms with Gasteiger partial charge in [0, 0.05) is 0 Å². The van der Waals surface area contributed by atoms with Crippen LogP contribution in [0.4, 0.5) is 0 Å². The third-order valence-corrected chi connectivity index (χ3v) is 2.43. The Morgan fingerprint density at radius 3 is 2.40 bits per heavy atom. The monoisotopic (exact) mass is 208 g/mol. The normalized spacial score (nSPS) is 10.5. The van der Waals surface area contributed by atoms with Crippen molar-refractivity contribution in [2.75, 3.05) is 7.11 Å². The van der Waals surface area contributed by atoms with Crippen LogP contribution in [0.25, 0.3) is 0 Å². The maximum absolute atomic E-state index is 11.0. The second-order valence-corrected chi connectivity index (χ2v) is 3.87. The molecule has 0 unspecified atom stereocenters. The van der Waals surface area contributed by atoms with Crippen molar-refractivity contribution in [2.45, 2.75) is 26.7 Å². The van der Waals surface area contributed by atoms with Gasteiger partial charge in [-0.15, -0.1) is 0 Å². The van der Waals surface area contributed by atoms with Gasteiger partial charge < -0.3 is 9.84 Å². The van der Waals surface area contributed by atoms with Crippen molar-refractivity contribution in [2.24, 2.45) is 0 Å². The summed E-state index contributed by atoms with van der Waals surface area (Å²) in [5.41, 5.74) is 2.00. The van der Waals surface area contributed by atoms with Crippen LogP contribution in [0.1, 0.15) is 41.3 Å². The molecular formula is C12H16O3. The number of methoxy groups -OCH3 is 1. The summed E-state index contributed by atoms with van der Waals surface area (Å²) >= 11 is 0. The molecule has 0 aromatic heterocycles. The summed E-state index contributed by atoms with van der Waals surface area (Å²) in [6.45, 7) is 5.80. The van der Waals surface area contributed by atoms with Gasteiger partial charge in [0.2, 0.25) is 0 Å². The van der Waals surface area contributed by atoms with Crippen LogP contribution in [0, 0.1) is 6.92 Å². The zero-order chi connectivity index (χ0) is 11.6. The smallest absolute Gasteiger partial charge is 0.335 e.